The quantitative estimate of drug-likeness (QED) is 0.662. The van der Waals surface area contributed by atoms with Gasteiger partial charge in [-0.05, 0) is 24.3 Å². The van der Waals surface area contributed by atoms with E-state index in [4.69, 9.17) is 4.74 Å². The average Bonchev–Trinajstić information content (AvgIpc) is 2.96. The van der Waals surface area contributed by atoms with Crippen LogP contribution in [-0.2, 0) is 4.79 Å². The van der Waals surface area contributed by atoms with E-state index in [1.807, 2.05) is 18.2 Å². The number of amides is 1. The summed E-state index contributed by atoms with van der Waals surface area (Å²) < 4.78 is 5.25. The van der Waals surface area contributed by atoms with E-state index in [-0.39, 0.29) is 22.5 Å². The number of anilines is 1. The third-order valence-corrected chi connectivity index (χ3v) is 5.23. The maximum atomic E-state index is 12.6. The summed E-state index contributed by atoms with van der Waals surface area (Å²) in [6.07, 6.45) is 1.65. The van der Waals surface area contributed by atoms with Gasteiger partial charge in [-0.3, -0.25) is 14.7 Å². The molecule has 7 nitrogen and oxygen atoms in total. The zero-order valence-corrected chi connectivity index (χ0v) is 13.6. The Morgan fingerprint density at radius 1 is 1.25 bits per heavy atom. The van der Waals surface area contributed by atoms with E-state index in [9.17, 15) is 9.59 Å². The maximum absolute atomic E-state index is 12.6. The second-order valence-electron chi connectivity index (χ2n) is 5.45. The number of ether oxygens (including phenoxy) is 1. The van der Waals surface area contributed by atoms with Gasteiger partial charge in [0.05, 0.1) is 24.3 Å². The van der Waals surface area contributed by atoms with Gasteiger partial charge in [-0.25, -0.2) is 0 Å². The number of methoxy groups -OCH3 is 1. The summed E-state index contributed by atoms with van der Waals surface area (Å²) in [5.41, 5.74) is 1.94. The van der Waals surface area contributed by atoms with Gasteiger partial charge in [0.25, 0.3) is 5.56 Å². The number of pyridine rings is 1. The number of thioether (sulfide) groups is 1. The monoisotopic (exact) mass is 342 g/mol. The van der Waals surface area contributed by atoms with E-state index in [1.165, 1.54) is 11.8 Å². The van der Waals surface area contributed by atoms with Crippen molar-refractivity contribution in [2.75, 3.05) is 18.2 Å². The summed E-state index contributed by atoms with van der Waals surface area (Å²) in [4.78, 5) is 27.3. The molecular weight excluding hydrogens is 328 g/mol. The Kier molecular flexibility index (Phi) is 3.53. The Labute approximate surface area is 140 Å². The predicted octanol–water partition coefficient (Wildman–Crippen LogP) is 2.03. The maximum Gasteiger partial charge on any atom is 0.253 e. The van der Waals surface area contributed by atoms with Crippen molar-refractivity contribution < 1.29 is 9.53 Å². The largest absolute Gasteiger partial charge is 0.497 e. The van der Waals surface area contributed by atoms with Crippen molar-refractivity contribution in [2.45, 2.75) is 5.25 Å². The van der Waals surface area contributed by atoms with E-state index >= 15 is 0 Å². The molecule has 1 atom stereocenters. The van der Waals surface area contributed by atoms with Crippen LogP contribution in [0.25, 0.3) is 10.9 Å². The Morgan fingerprint density at radius 3 is 2.96 bits per heavy atom. The molecule has 0 bridgehead atoms. The van der Waals surface area contributed by atoms with Crippen molar-refractivity contribution >= 4 is 34.4 Å². The highest BCUT2D eigenvalue weighted by molar-refractivity contribution is 8.00. The van der Waals surface area contributed by atoms with Crippen LogP contribution >= 0.6 is 11.8 Å². The summed E-state index contributed by atoms with van der Waals surface area (Å²) in [5, 5.41) is 10.1. The number of rotatable bonds is 2. The van der Waals surface area contributed by atoms with Crippen molar-refractivity contribution in [3.8, 4) is 5.75 Å². The number of hydrogen-bond acceptors (Lipinski definition) is 5. The molecule has 0 saturated carbocycles. The van der Waals surface area contributed by atoms with E-state index in [0.29, 0.717) is 11.4 Å². The van der Waals surface area contributed by atoms with Gasteiger partial charge in [-0.2, -0.15) is 5.10 Å². The van der Waals surface area contributed by atoms with Gasteiger partial charge in [0.1, 0.15) is 11.6 Å². The lowest BCUT2D eigenvalue weighted by Crippen LogP contribution is -2.15. The molecule has 2 aromatic heterocycles. The molecule has 4 rings (SSSR count). The average molecular weight is 342 g/mol. The SMILES string of the molecule is COc1ccc2[nH]c(=O)c(C3SCC(=O)Nc4[nH]ncc43)cc2c1. The summed E-state index contributed by atoms with van der Waals surface area (Å²) in [7, 11) is 1.60. The number of hydrogen-bond donors (Lipinski definition) is 3. The molecular formula is C16H14N4O3S. The second-order valence-corrected chi connectivity index (χ2v) is 6.54. The van der Waals surface area contributed by atoms with Crippen molar-refractivity contribution in [3.05, 3.63) is 51.9 Å². The smallest absolute Gasteiger partial charge is 0.253 e. The third kappa shape index (κ3) is 2.44. The number of carbonyl (C=O) groups is 1. The molecule has 0 radical (unpaired) electrons. The molecule has 1 aromatic carbocycles. The Balaban J connectivity index is 1.88. The van der Waals surface area contributed by atoms with E-state index in [2.05, 4.69) is 20.5 Å². The van der Waals surface area contributed by atoms with Crippen molar-refractivity contribution in [2.24, 2.45) is 0 Å². The van der Waals surface area contributed by atoms with Crippen molar-refractivity contribution in [1.82, 2.24) is 15.2 Å². The molecule has 1 aliphatic rings. The highest BCUT2D eigenvalue weighted by Crippen LogP contribution is 2.39. The van der Waals surface area contributed by atoms with E-state index in [0.717, 1.165) is 22.2 Å². The minimum atomic E-state index is -0.281. The highest BCUT2D eigenvalue weighted by Gasteiger charge is 2.27. The lowest BCUT2D eigenvalue weighted by molar-refractivity contribution is -0.113. The summed E-state index contributed by atoms with van der Waals surface area (Å²) in [6, 6.07) is 7.33. The van der Waals surface area contributed by atoms with Crippen LogP contribution in [0.5, 0.6) is 5.75 Å². The summed E-state index contributed by atoms with van der Waals surface area (Å²) >= 11 is 1.40. The highest BCUT2D eigenvalue weighted by atomic mass is 32.2. The van der Waals surface area contributed by atoms with Crippen LogP contribution in [0.15, 0.2) is 35.3 Å². The molecule has 1 aliphatic heterocycles. The molecule has 3 N–H and O–H groups in total. The third-order valence-electron chi connectivity index (χ3n) is 3.96. The molecule has 0 fully saturated rings. The van der Waals surface area contributed by atoms with Crippen LogP contribution in [0.3, 0.4) is 0 Å². The first-order chi connectivity index (χ1) is 11.7. The molecule has 1 amide bonds. The van der Waals surface area contributed by atoms with Crippen LogP contribution in [0.1, 0.15) is 16.4 Å². The molecule has 1 unspecified atom stereocenters. The molecule has 0 saturated heterocycles. The fourth-order valence-corrected chi connectivity index (χ4v) is 3.90. The van der Waals surface area contributed by atoms with Gasteiger partial charge in [0, 0.05) is 22.0 Å². The Bertz CT molecular complexity index is 994. The number of carbonyl (C=O) groups excluding carboxylic acids is 1. The first-order valence-electron chi connectivity index (χ1n) is 7.31. The number of aromatic amines is 2. The molecule has 3 aromatic rings. The first-order valence-corrected chi connectivity index (χ1v) is 8.36. The first kappa shape index (κ1) is 14.8. The zero-order valence-electron chi connectivity index (χ0n) is 12.8. The minimum Gasteiger partial charge on any atom is -0.497 e. The fraction of sp³-hybridized carbons (Fsp3) is 0.188. The summed E-state index contributed by atoms with van der Waals surface area (Å²) in [5.74, 6) is 1.41. The Morgan fingerprint density at radius 2 is 2.12 bits per heavy atom. The number of aromatic nitrogens is 3. The lowest BCUT2D eigenvalue weighted by Gasteiger charge is -2.14. The topological polar surface area (TPSA) is 99.9 Å². The van der Waals surface area contributed by atoms with Crippen LogP contribution in [0.4, 0.5) is 5.82 Å². The molecule has 122 valence electrons. The standard InChI is InChI=1S/C16H14N4O3S/c1-23-9-2-3-12-8(4-9)5-10(16(22)18-12)14-11-6-17-20-15(11)19-13(21)7-24-14/h2-6,14H,7H2,1H3,(H,18,22)(H2,17,19,20,21). The number of fused-ring (bicyclic) bond motifs is 2. The van der Waals surface area contributed by atoms with Crippen LogP contribution < -0.4 is 15.6 Å². The molecule has 0 aliphatic carbocycles. The van der Waals surface area contributed by atoms with Crippen LogP contribution in [-0.4, -0.2) is 34.0 Å². The minimum absolute atomic E-state index is 0.119. The van der Waals surface area contributed by atoms with Gasteiger partial charge in [0.2, 0.25) is 5.91 Å². The van der Waals surface area contributed by atoms with E-state index < -0.39 is 0 Å². The van der Waals surface area contributed by atoms with Crippen LogP contribution in [0.2, 0.25) is 0 Å². The molecule has 24 heavy (non-hydrogen) atoms. The summed E-state index contributed by atoms with van der Waals surface area (Å²) in [6.45, 7) is 0. The normalized spacial score (nSPS) is 17.2. The van der Waals surface area contributed by atoms with Crippen molar-refractivity contribution in [1.29, 1.82) is 0 Å². The van der Waals surface area contributed by atoms with Gasteiger partial charge in [-0.15, -0.1) is 11.8 Å². The lowest BCUT2D eigenvalue weighted by atomic mass is 10.1. The fourth-order valence-electron chi connectivity index (χ4n) is 2.80. The van der Waals surface area contributed by atoms with Gasteiger partial charge >= 0.3 is 0 Å². The predicted molar refractivity (Wildman–Crippen MR) is 92.6 cm³/mol. The number of nitrogens with zero attached hydrogens (tertiary/aromatic N) is 1. The second kappa shape index (κ2) is 5.72. The van der Waals surface area contributed by atoms with Gasteiger partial charge in [-0.1, -0.05) is 0 Å². The molecule has 8 heteroatoms. The van der Waals surface area contributed by atoms with Crippen LogP contribution in [0, 0.1) is 0 Å². The van der Waals surface area contributed by atoms with Gasteiger partial charge in [0.15, 0.2) is 0 Å². The van der Waals surface area contributed by atoms with E-state index in [1.54, 1.807) is 19.4 Å². The van der Waals surface area contributed by atoms with Crippen molar-refractivity contribution in [3.63, 3.8) is 0 Å². The number of benzene rings is 1. The molecule has 3 heterocycles. The number of nitrogens with one attached hydrogen (secondary N) is 3. The van der Waals surface area contributed by atoms with Gasteiger partial charge < -0.3 is 15.0 Å². The Hall–Kier alpha value is -2.74. The zero-order chi connectivity index (χ0) is 16.7. The number of H-pyrrole nitrogens is 2. The molecule has 0 spiro atoms.